The van der Waals surface area contributed by atoms with Gasteiger partial charge < -0.3 is 25.0 Å². The average Bonchev–Trinajstić information content (AvgIpc) is 3.16. The second kappa shape index (κ2) is 9.02. The molecule has 5 heterocycles. The number of aliphatic imine (C=N–C) groups is 1. The molecule has 1 unspecified atom stereocenters. The summed E-state index contributed by atoms with van der Waals surface area (Å²) >= 11 is 0. The Bertz CT molecular complexity index is 1100. The summed E-state index contributed by atoms with van der Waals surface area (Å²) in [5.41, 5.74) is 1.32. The summed E-state index contributed by atoms with van der Waals surface area (Å²) in [7, 11) is 1.53. The van der Waals surface area contributed by atoms with Crippen molar-refractivity contribution in [2.24, 2.45) is 4.99 Å². The highest BCUT2D eigenvalue weighted by Gasteiger charge is 2.36. The lowest BCUT2D eigenvalue weighted by Gasteiger charge is -2.36. The highest BCUT2D eigenvalue weighted by Crippen LogP contribution is 2.37. The molecule has 172 valence electrons. The molecule has 1 saturated heterocycles. The van der Waals surface area contributed by atoms with E-state index in [0.29, 0.717) is 29.5 Å². The standard InChI is InChI=1S/C22H25N7O4/c1-32-16-3-2-14-10-17(16)33-12-18(30)23-4-5-28-6-8-29(9-7-28)21-19-15(11-24-14)22(31)27-20(19)25-13-26-21/h2-3,10-11,13,15H,4-9,12H2,1H3,(H,23,30)(H,25,26,27,31). The first kappa shape index (κ1) is 21.1. The van der Waals surface area contributed by atoms with E-state index in [1.807, 2.05) is 0 Å². The Morgan fingerprint density at radius 2 is 1.97 bits per heavy atom. The fourth-order valence-corrected chi connectivity index (χ4v) is 4.24. The van der Waals surface area contributed by atoms with Crippen molar-refractivity contribution in [1.82, 2.24) is 20.2 Å². The largest absolute Gasteiger partial charge is 0.493 e. The summed E-state index contributed by atoms with van der Waals surface area (Å²) in [6.07, 6.45) is 3.08. The van der Waals surface area contributed by atoms with Crippen molar-refractivity contribution in [1.29, 1.82) is 0 Å². The Balaban J connectivity index is 1.52. The van der Waals surface area contributed by atoms with Gasteiger partial charge in [-0.2, -0.15) is 0 Å². The SMILES string of the molecule is COc1ccc2cc1OCC(=O)NCCN1CCN(CC1)c1ncnc3c1C(C=N2)C(=O)N3. The zero-order valence-electron chi connectivity index (χ0n) is 18.3. The molecule has 4 bridgehead atoms. The van der Waals surface area contributed by atoms with E-state index in [1.54, 1.807) is 24.4 Å². The predicted octanol–water partition coefficient (Wildman–Crippen LogP) is 0.554. The van der Waals surface area contributed by atoms with Crippen molar-refractivity contribution >= 4 is 35.4 Å². The van der Waals surface area contributed by atoms with E-state index in [2.05, 4.69) is 35.4 Å². The van der Waals surface area contributed by atoms with Crippen LogP contribution in [0, 0.1) is 0 Å². The molecular formula is C22H25N7O4. The molecular weight excluding hydrogens is 426 g/mol. The van der Waals surface area contributed by atoms with Crippen molar-refractivity contribution in [3.05, 3.63) is 30.1 Å². The van der Waals surface area contributed by atoms with Gasteiger partial charge in [0.1, 0.15) is 23.9 Å². The van der Waals surface area contributed by atoms with Gasteiger partial charge in [0.2, 0.25) is 5.91 Å². The lowest BCUT2D eigenvalue weighted by molar-refractivity contribution is -0.123. The third-order valence-corrected chi connectivity index (χ3v) is 6.00. The smallest absolute Gasteiger partial charge is 0.257 e. The van der Waals surface area contributed by atoms with E-state index in [0.717, 1.165) is 44.1 Å². The average molecular weight is 451 g/mol. The molecule has 1 aromatic carbocycles. The number of piperazine rings is 1. The van der Waals surface area contributed by atoms with Crippen LogP contribution in [0.3, 0.4) is 0 Å². The van der Waals surface area contributed by atoms with Gasteiger partial charge in [0.05, 0.1) is 18.4 Å². The number of aromatic nitrogens is 2. The number of carbonyl (C=O) groups is 2. The Labute approximate surface area is 190 Å². The zero-order chi connectivity index (χ0) is 22.8. The van der Waals surface area contributed by atoms with Crippen LogP contribution in [0.25, 0.3) is 0 Å². The molecule has 0 saturated carbocycles. The van der Waals surface area contributed by atoms with E-state index in [4.69, 9.17) is 9.47 Å². The highest BCUT2D eigenvalue weighted by molar-refractivity contribution is 6.13. The van der Waals surface area contributed by atoms with Gasteiger partial charge in [0.15, 0.2) is 18.1 Å². The van der Waals surface area contributed by atoms with Crippen LogP contribution in [0.2, 0.25) is 0 Å². The maximum Gasteiger partial charge on any atom is 0.257 e. The van der Waals surface area contributed by atoms with E-state index >= 15 is 0 Å². The summed E-state index contributed by atoms with van der Waals surface area (Å²) in [5, 5.41) is 5.75. The van der Waals surface area contributed by atoms with Crippen LogP contribution < -0.4 is 25.0 Å². The van der Waals surface area contributed by atoms with Gasteiger partial charge in [0.25, 0.3) is 5.91 Å². The number of benzene rings is 1. The molecule has 2 aromatic rings. The van der Waals surface area contributed by atoms with E-state index in [1.165, 1.54) is 13.4 Å². The molecule has 11 nitrogen and oxygen atoms in total. The Morgan fingerprint density at radius 1 is 1.12 bits per heavy atom. The molecule has 1 fully saturated rings. The van der Waals surface area contributed by atoms with Crippen LogP contribution in [0.1, 0.15) is 11.5 Å². The van der Waals surface area contributed by atoms with Gasteiger partial charge in [-0.05, 0) is 12.1 Å². The third kappa shape index (κ3) is 4.31. The number of nitrogens with one attached hydrogen (secondary N) is 2. The minimum atomic E-state index is -0.606. The molecule has 0 radical (unpaired) electrons. The number of hydrogen-bond acceptors (Lipinski definition) is 9. The molecule has 33 heavy (non-hydrogen) atoms. The normalized spacial score (nSPS) is 22.5. The summed E-state index contributed by atoms with van der Waals surface area (Å²) in [5.74, 6) is 1.18. The van der Waals surface area contributed by atoms with Crippen molar-refractivity contribution in [3.8, 4) is 11.5 Å². The van der Waals surface area contributed by atoms with Gasteiger partial charge >= 0.3 is 0 Å². The third-order valence-electron chi connectivity index (χ3n) is 6.00. The molecule has 0 spiro atoms. The lowest BCUT2D eigenvalue weighted by Crippen LogP contribution is -2.49. The van der Waals surface area contributed by atoms with Crippen molar-refractivity contribution in [2.45, 2.75) is 5.92 Å². The summed E-state index contributed by atoms with van der Waals surface area (Å²) in [6, 6.07) is 5.16. The van der Waals surface area contributed by atoms with Crippen LogP contribution in [-0.4, -0.2) is 85.9 Å². The molecule has 6 rings (SSSR count). The number of methoxy groups -OCH3 is 1. The van der Waals surface area contributed by atoms with Gasteiger partial charge in [0, 0.05) is 51.5 Å². The fraction of sp³-hybridized carbons (Fsp3) is 0.409. The first-order valence-electron chi connectivity index (χ1n) is 10.9. The predicted molar refractivity (Wildman–Crippen MR) is 122 cm³/mol. The number of rotatable bonds is 1. The van der Waals surface area contributed by atoms with Crippen LogP contribution >= 0.6 is 0 Å². The first-order chi connectivity index (χ1) is 16.1. The molecule has 4 aliphatic heterocycles. The van der Waals surface area contributed by atoms with E-state index in [9.17, 15) is 9.59 Å². The van der Waals surface area contributed by atoms with Crippen LogP contribution in [0.4, 0.5) is 17.3 Å². The molecule has 2 amide bonds. The van der Waals surface area contributed by atoms with Gasteiger partial charge in [-0.25, -0.2) is 9.97 Å². The van der Waals surface area contributed by atoms with Gasteiger partial charge in [-0.3, -0.25) is 19.5 Å². The number of carbonyl (C=O) groups excluding carboxylic acids is 2. The number of fused-ring (bicyclic) bond motifs is 7. The van der Waals surface area contributed by atoms with Crippen LogP contribution in [0.5, 0.6) is 11.5 Å². The minimum absolute atomic E-state index is 0.129. The second-order valence-electron chi connectivity index (χ2n) is 8.01. The molecule has 1 aromatic heterocycles. The Kier molecular flexibility index (Phi) is 5.78. The van der Waals surface area contributed by atoms with Crippen LogP contribution in [0.15, 0.2) is 29.5 Å². The topological polar surface area (TPSA) is 121 Å². The Hall–Kier alpha value is -3.73. The molecule has 2 N–H and O–H groups in total. The molecule has 4 aliphatic rings. The van der Waals surface area contributed by atoms with Gasteiger partial charge in [-0.1, -0.05) is 0 Å². The number of ether oxygens (including phenoxy) is 2. The van der Waals surface area contributed by atoms with Crippen molar-refractivity contribution in [2.75, 3.05) is 63.2 Å². The monoisotopic (exact) mass is 451 g/mol. The van der Waals surface area contributed by atoms with Crippen molar-refractivity contribution in [3.63, 3.8) is 0 Å². The number of amides is 2. The summed E-state index contributed by atoms with van der Waals surface area (Å²) in [6.45, 7) is 4.33. The lowest BCUT2D eigenvalue weighted by atomic mass is 10.0. The Morgan fingerprint density at radius 3 is 2.79 bits per heavy atom. The molecule has 1 atom stereocenters. The number of nitrogens with zero attached hydrogens (tertiary/aromatic N) is 5. The maximum absolute atomic E-state index is 12.8. The fourth-order valence-electron chi connectivity index (χ4n) is 4.24. The summed E-state index contributed by atoms with van der Waals surface area (Å²) < 4.78 is 11.0. The molecule has 0 aliphatic carbocycles. The van der Waals surface area contributed by atoms with Gasteiger partial charge in [-0.15, -0.1) is 0 Å². The van der Waals surface area contributed by atoms with Crippen molar-refractivity contribution < 1.29 is 19.1 Å². The van der Waals surface area contributed by atoms with E-state index < -0.39 is 5.92 Å². The highest BCUT2D eigenvalue weighted by atomic mass is 16.5. The second-order valence-corrected chi connectivity index (χ2v) is 8.01. The number of anilines is 2. The maximum atomic E-state index is 12.8. The quantitative estimate of drug-likeness (QED) is 0.645. The minimum Gasteiger partial charge on any atom is -0.493 e. The van der Waals surface area contributed by atoms with E-state index in [-0.39, 0.29) is 18.4 Å². The van der Waals surface area contributed by atoms with Crippen LogP contribution in [-0.2, 0) is 9.59 Å². The molecule has 11 heteroatoms. The number of hydrogen-bond donors (Lipinski definition) is 2. The first-order valence-corrected chi connectivity index (χ1v) is 10.9. The zero-order valence-corrected chi connectivity index (χ0v) is 18.3. The summed E-state index contributed by atoms with van der Waals surface area (Å²) in [4.78, 5) is 42.8.